The summed E-state index contributed by atoms with van der Waals surface area (Å²) in [7, 11) is 0. The Kier molecular flexibility index (Phi) is 4.43. The van der Waals surface area contributed by atoms with Crippen LogP contribution in [0.1, 0.15) is 37.7 Å². The lowest BCUT2D eigenvalue weighted by Crippen LogP contribution is -2.23. The van der Waals surface area contributed by atoms with Gasteiger partial charge in [0.2, 0.25) is 0 Å². The van der Waals surface area contributed by atoms with Gasteiger partial charge in [-0.05, 0) is 32.4 Å². The summed E-state index contributed by atoms with van der Waals surface area (Å²) in [5.41, 5.74) is 2.23. The standard InChI is InChI=1S/C12H19N3/c1-5-13-11(6-9(2)3)12-14-7-10(4)8-15-12/h7-8,11,13H,2,5-6H2,1,3-4H3. The number of rotatable bonds is 5. The fourth-order valence-electron chi connectivity index (χ4n) is 1.43. The molecule has 0 aliphatic heterocycles. The molecule has 0 saturated heterocycles. The van der Waals surface area contributed by atoms with Gasteiger partial charge in [0.15, 0.2) is 0 Å². The fraction of sp³-hybridized carbons (Fsp3) is 0.500. The third kappa shape index (κ3) is 3.80. The molecule has 1 heterocycles. The first-order valence-electron chi connectivity index (χ1n) is 5.29. The van der Waals surface area contributed by atoms with Crippen LogP contribution in [0.25, 0.3) is 0 Å². The highest BCUT2D eigenvalue weighted by Gasteiger charge is 2.12. The topological polar surface area (TPSA) is 37.8 Å². The summed E-state index contributed by atoms with van der Waals surface area (Å²) in [5, 5.41) is 3.36. The van der Waals surface area contributed by atoms with Crippen molar-refractivity contribution in [2.45, 2.75) is 33.2 Å². The molecule has 1 N–H and O–H groups in total. The molecule has 0 aliphatic rings. The van der Waals surface area contributed by atoms with Crippen LogP contribution >= 0.6 is 0 Å². The maximum atomic E-state index is 4.34. The molecule has 0 aliphatic carbocycles. The maximum Gasteiger partial charge on any atom is 0.145 e. The zero-order valence-corrected chi connectivity index (χ0v) is 9.75. The van der Waals surface area contributed by atoms with Crippen molar-refractivity contribution < 1.29 is 0 Å². The van der Waals surface area contributed by atoms with Gasteiger partial charge in [0.1, 0.15) is 5.82 Å². The van der Waals surface area contributed by atoms with Gasteiger partial charge in [-0.25, -0.2) is 9.97 Å². The molecular formula is C12H19N3. The average Bonchev–Trinajstić information content (AvgIpc) is 2.17. The van der Waals surface area contributed by atoms with E-state index < -0.39 is 0 Å². The quantitative estimate of drug-likeness (QED) is 0.750. The molecule has 1 unspecified atom stereocenters. The van der Waals surface area contributed by atoms with Crippen molar-refractivity contribution in [3.8, 4) is 0 Å². The number of aromatic nitrogens is 2. The SMILES string of the molecule is C=C(C)CC(NCC)c1ncc(C)cn1. The third-order valence-electron chi connectivity index (χ3n) is 2.12. The van der Waals surface area contributed by atoms with Gasteiger partial charge in [0.05, 0.1) is 6.04 Å². The van der Waals surface area contributed by atoms with Gasteiger partial charge < -0.3 is 5.32 Å². The molecule has 1 aromatic heterocycles. The lowest BCUT2D eigenvalue weighted by molar-refractivity contribution is 0.519. The van der Waals surface area contributed by atoms with Gasteiger partial charge in [-0.1, -0.05) is 12.5 Å². The first-order chi connectivity index (χ1) is 7.13. The Morgan fingerprint density at radius 2 is 2.07 bits per heavy atom. The summed E-state index contributed by atoms with van der Waals surface area (Å²) >= 11 is 0. The van der Waals surface area contributed by atoms with E-state index >= 15 is 0 Å². The predicted molar refractivity (Wildman–Crippen MR) is 62.6 cm³/mol. The number of hydrogen-bond donors (Lipinski definition) is 1. The Morgan fingerprint density at radius 1 is 1.47 bits per heavy atom. The van der Waals surface area contributed by atoms with Crippen molar-refractivity contribution in [2.75, 3.05) is 6.54 Å². The summed E-state index contributed by atoms with van der Waals surface area (Å²) in [6.45, 7) is 10.9. The van der Waals surface area contributed by atoms with Gasteiger partial charge in [-0.2, -0.15) is 0 Å². The van der Waals surface area contributed by atoms with Gasteiger partial charge in [-0.15, -0.1) is 6.58 Å². The first kappa shape index (κ1) is 11.9. The van der Waals surface area contributed by atoms with E-state index in [1.165, 1.54) is 0 Å². The summed E-state index contributed by atoms with van der Waals surface area (Å²) < 4.78 is 0. The molecule has 0 bridgehead atoms. The predicted octanol–water partition coefficient (Wildman–Crippen LogP) is 2.40. The van der Waals surface area contributed by atoms with Crippen LogP contribution in [0.2, 0.25) is 0 Å². The minimum Gasteiger partial charge on any atom is -0.307 e. The van der Waals surface area contributed by atoms with Crippen LogP contribution in [0, 0.1) is 6.92 Å². The summed E-state index contributed by atoms with van der Waals surface area (Å²) in [4.78, 5) is 8.67. The second kappa shape index (κ2) is 5.61. The largest absolute Gasteiger partial charge is 0.307 e. The Morgan fingerprint density at radius 3 is 2.53 bits per heavy atom. The van der Waals surface area contributed by atoms with Crippen molar-refractivity contribution in [2.24, 2.45) is 0 Å². The summed E-state index contributed by atoms with van der Waals surface area (Å²) in [5.74, 6) is 0.852. The first-order valence-corrected chi connectivity index (χ1v) is 5.29. The van der Waals surface area contributed by atoms with Gasteiger partial charge in [0, 0.05) is 12.4 Å². The summed E-state index contributed by atoms with van der Waals surface area (Å²) in [6.07, 6.45) is 4.59. The summed E-state index contributed by atoms with van der Waals surface area (Å²) in [6, 6.07) is 0.188. The molecule has 0 spiro atoms. The molecular weight excluding hydrogens is 186 g/mol. The third-order valence-corrected chi connectivity index (χ3v) is 2.12. The number of aryl methyl sites for hydroxylation is 1. The molecule has 82 valence electrons. The molecule has 0 amide bonds. The molecule has 1 atom stereocenters. The maximum absolute atomic E-state index is 4.34. The van der Waals surface area contributed by atoms with E-state index in [0.29, 0.717) is 0 Å². The Balaban J connectivity index is 2.78. The molecule has 3 nitrogen and oxygen atoms in total. The highest BCUT2D eigenvalue weighted by molar-refractivity contribution is 5.07. The highest BCUT2D eigenvalue weighted by atomic mass is 15.0. The van der Waals surface area contributed by atoms with E-state index in [9.17, 15) is 0 Å². The van der Waals surface area contributed by atoms with Crippen LogP contribution in [0.3, 0.4) is 0 Å². The number of hydrogen-bond acceptors (Lipinski definition) is 3. The van der Waals surface area contributed by atoms with E-state index in [2.05, 4.69) is 28.8 Å². The molecule has 0 fully saturated rings. The lowest BCUT2D eigenvalue weighted by Gasteiger charge is -2.16. The van der Waals surface area contributed by atoms with Gasteiger partial charge in [-0.3, -0.25) is 0 Å². The average molecular weight is 205 g/mol. The normalized spacial score (nSPS) is 12.5. The Bertz CT molecular complexity index is 316. The molecule has 1 rings (SSSR count). The van der Waals surface area contributed by atoms with Crippen LogP contribution in [-0.4, -0.2) is 16.5 Å². The van der Waals surface area contributed by atoms with E-state index in [4.69, 9.17) is 0 Å². The van der Waals surface area contributed by atoms with Gasteiger partial charge >= 0.3 is 0 Å². The van der Waals surface area contributed by atoms with E-state index in [1.807, 2.05) is 26.2 Å². The minimum atomic E-state index is 0.188. The van der Waals surface area contributed by atoms with Crippen molar-refractivity contribution in [3.05, 3.63) is 35.9 Å². The zero-order chi connectivity index (χ0) is 11.3. The smallest absolute Gasteiger partial charge is 0.145 e. The van der Waals surface area contributed by atoms with Crippen molar-refractivity contribution in [3.63, 3.8) is 0 Å². The molecule has 1 aromatic rings. The second-order valence-corrected chi connectivity index (χ2v) is 3.89. The van der Waals surface area contributed by atoms with E-state index in [-0.39, 0.29) is 6.04 Å². The number of nitrogens with one attached hydrogen (secondary N) is 1. The van der Waals surface area contributed by atoms with Gasteiger partial charge in [0.25, 0.3) is 0 Å². The van der Waals surface area contributed by atoms with Crippen molar-refractivity contribution in [1.82, 2.24) is 15.3 Å². The molecule has 0 aromatic carbocycles. The van der Waals surface area contributed by atoms with Crippen LogP contribution in [0.4, 0.5) is 0 Å². The zero-order valence-electron chi connectivity index (χ0n) is 9.75. The molecule has 3 heteroatoms. The second-order valence-electron chi connectivity index (χ2n) is 3.89. The fourth-order valence-corrected chi connectivity index (χ4v) is 1.43. The molecule has 15 heavy (non-hydrogen) atoms. The van der Waals surface area contributed by atoms with Crippen molar-refractivity contribution >= 4 is 0 Å². The van der Waals surface area contributed by atoms with E-state index in [1.54, 1.807) is 0 Å². The van der Waals surface area contributed by atoms with Crippen LogP contribution < -0.4 is 5.32 Å². The van der Waals surface area contributed by atoms with E-state index in [0.717, 1.165) is 29.9 Å². The minimum absolute atomic E-state index is 0.188. The van der Waals surface area contributed by atoms with Crippen LogP contribution in [-0.2, 0) is 0 Å². The lowest BCUT2D eigenvalue weighted by atomic mass is 10.1. The Labute approximate surface area is 91.7 Å². The van der Waals surface area contributed by atoms with Crippen molar-refractivity contribution in [1.29, 1.82) is 0 Å². The molecule has 0 saturated carbocycles. The Hall–Kier alpha value is -1.22. The highest BCUT2D eigenvalue weighted by Crippen LogP contribution is 2.16. The van der Waals surface area contributed by atoms with Crippen LogP contribution in [0.5, 0.6) is 0 Å². The molecule has 0 radical (unpaired) electrons. The van der Waals surface area contributed by atoms with Crippen LogP contribution in [0.15, 0.2) is 24.5 Å². The monoisotopic (exact) mass is 205 g/mol. The number of nitrogens with zero attached hydrogens (tertiary/aromatic N) is 2.